The van der Waals surface area contributed by atoms with E-state index in [1.54, 1.807) is 6.07 Å². The summed E-state index contributed by atoms with van der Waals surface area (Å²) in [5.74, 6) is 0.0520. The van der Waals surface area contributed by atoms with Crippen LogP contribution in [0.1, 0.15) is 36.8 Å². The third-order valence-corrected chi connectivity index (χ3v) is 5.30. The van der Waals surface area contributed by atoms with Gasteiger partial charge in [-0.15, -0.1) is 0 Å². The van der Waals surface area contributed by atoms with Crippen LogP contribution in [0.5, 0.6) is 0 Å². The summed E-state index contributed by atoms with van der Waals surface area (Å²) in [6.07, 6.45) is 3.45. The van der Waals surface area contributed by atoms with Gasteiger partial charge in [0.2, 0.25) is 5.91 Å². The molecule has 1 amide bonds. The van der Waals surface area contributed by atoms with Crippen molar-refractivity contribution < 1.29 is 14.0 Å². The Morgan fingerprint density at radius 1 is 1.15 bits per heavy atom. The predicted octanol–water partition coefficient (Wildman–Crippen LogP) is 4.15. The molecular weight excluding hydrogens is 343 g/mol. The molecule has 2 aliphatic rings. The highest BCUT2D eigenvalue weighted by molar-refractivity contribution is 6.01. The number of hydrogen-bond acceptors (Lipinski definition) is 3. The third kappa shape index (κ3) is 4.18. The maximum absolute atomic E-state index is 13.5. The fourth-order valence-corrected chi connectivity index (χ4v) is 3.56. The van der Waals surface area contributed by atoms with E-state index in [4.69, 9.17) is 4.84 Å². The monoisotopic (exact) mass is 366 g/mol. The molecule has 0 bridgehead atoms. The van der Waals surface area contributed by atoms with Crippen LogP contribution in [0, 0.1) is 11.7 Å². The normalized spacial score (nSPS) is 19.1. The lowest BCUT2D eigenvalue weighted by Gasteiger charge is -2.32. The molecule has 1 saturated carbocycles. The van der Waals surface area contributed by atoms with Crippen molar-refractivity contribution in [2.75, 3.05) is 6.54 Å². The molecule has 0 saturated heterocycles. The quantitative estimate of drug-likeness (QED) is 0.771. The molecule has 5 heteroatoms. The molecule has 1 fully saturated rings. The Kier molecular flexibility index (Phi) is 5.19. The largest absolute Gasteiger partial charge is 0.390 e. The molecule has 1 aliphatic heterocycles. The minimum atomic E-state index is -0.287. The molecule has 4 rings (SSSR count). The van der Waals surface area contributed by atoms with E-state index in [2.05, 4.69) is 5.16 Å². The first-order valence-corrected chi connectivity index (χ1v) is 9.50. The van der Waals surface area contributed by atoms with E-state index in [0.717, 1.165) is 36.1 Å². The molecule has 0 N–H and O–H groups in total. The van der Waals surface area contributed by atoms with Crippen LogP contribution in [-0.4, -0.2) is 29.2 Å². The summed E-state index contributed by atoms with van der Waals surface area (Å²) in [7, 11) is 0. The zero-order valence-electron chi connectivity index (χ0n) is 15.2. The van der Waals surface area contributed by atoms with E-state index < -0.39 is 0 Å². The van der Waals surface area contributed by atoms with Crippen molar-refractivity contribution >= 4 is 11.6 Å². The standard InChI is InChI=1S/C22H23FN2O2/c23-19-11-5-10-18(12-19)21-13-20(27-24-21)15-25(22(26)17-8-4-9-17)14-16-6-2-1-3-7-16/h1-3,5-7,10-12,17,20H,4,8-9,13-15H2/t20-/m1/s1. The van der Waals surface area contributed by atoms with Crippen LogP contribution in [0.15, 0.2) is 59.8 Å². The second-order valence-corrected chi connectivity index (χ2v) is 7.31. The van der Waals surface area contributed by atoms with Gasteiger partial charge >= 0.3 is 0 Å². The summed E-state index contributed by atoms with van der Waals surface area (Å²) >= 11 is 0. The number of amides is 1. The SMILES string of the molecule is O=C(C1CCC1)N(Cc1ccccc1)C[C@H]1CC(c2cccc(F)c2)=NO1. The number of halogens is 1. The van der Waals surface area contributed by atoms with Crippen molar-refractivity contribution in [1.29, 1.82) is 0 Å². The minimum Gasteiger partial charge on any atom is -0.390 e. The molecule has 1 aliphatic carbocycles. The van der Waals surface area contributed by atoms with Gasteiger partial charge in [-0.05, 0) is 30.5 Å². The Bertz CT molecular complexity index is 833. The Morgan fingerprint density at radius 3 is 2.67 bits per heavy atom. The highest BCUT2D eigenvalue weighted by Gasteiger charge is 2.32. The van der Waals surface area contributed by atoms with E-state index in [-0.39, 0.29) is 23.7 Å². The lowest BCUT2D eigenvalue weighted by atomic mass is 9.84. The highest BCUT2D eigenvalue weighted by atomic mass is 19.1. The fraction of sp³-hybridized carbons (Fsp3) is 0.364. The zero-order chi connectivity index (χ0) is 18.6. The van der Waals surface area contributed by atoms with E-state index in [9.17, 15) is 9.18 Å². The molecule has 2 aromatic carbocycles. The summed E-state index contributed by atoms with van der Waals surface area (Å²) in [6.45, 7) is 1.07. The molecule has 4 nitrogen and oxygen atoms in total. The first-order valence-electron chi connectivity index (χ1n) is 9.50. The van der Waals surface area contributed by atoms with Crippen molar-refractivity contribution in [3.05, 3.63) is 71.5 Å². The number of benzene rings is 2. The van der Waals surface area contributed by atoms with Gasteiger partial charge in [0, 0.05) is 24.4 Å². The van der Waals surface area contributed by atoms with Gasteiger partial charge < -0.3 is 9.74 Å². The van der Waals surface area contributed by atoms with Gasteiger partial charge in [-0.25, -0.2) is 4.39 Å². The lowest BCUT2D eigenvalue weighted by Crippen LogP contribution is -2.42. The Balaban J connectivity index is 1.43. The second kappa shape index (κ2) is 7.91. The summed E-state index contributed by atoms with van der Waals surface area (Å²) < 4.78 is 13.5. The smallest absolute Gasteiger partial charge is 0.226 e. The minimum absolute atomic E-state index is 0.138. The van der Waals surface area contributed by atoms with Gasteiger partial charge in [0.05, 0.1) is 12.3 Å². The molecule has 0 aromatic heterocycles. The molecule has 0 spiro atoms. The van der Waals surface area contributed by atoms with Crippen LogP contribution in [0.25, 0.3) is 0 Å². The number of nitrogens with zero attached hydrogens (tertiary/aromatic N) is 2. The average molecular weight is 366 g/mol. The average Bonchev–Trinajstić information content (AvgIpc) is 3.09. The van der Waals surface area contributed by atoms with Crippen molar-refractivity contribution in [2.45, 2.75) is 38.3 Å². The number of hydrogen-bond donors (Lipinski definition) is 0. The van der Waals surface area contributed by atoms with Crippen LogP contribution in [0.3, 0.4) is 0 Å². The number of carbonyl (C=O) groups excluding carboxylic acids is 1. The first-order chi connectivity index (χ1) is 13.2. The van der Waals surface area contributed by atoms with Gasteiger partial charge in [-0.2, -0.15) is 0 Å². The van der Waals surface area contributed by atoms with Crippen LogP contribution in [0.2, 0.25) is 0 Å². The maximum atomic E-state index is 13.5. The van der Waals surface area contributed by atoms with Crippen LogP contribution < -0.4 is 0 Å². The van der Waals surface area contributed by atoms with Crippen molar-refractivity contribution in [1.82, 2.24) is 4.90 Å². The van der Waals surface area contributed by atoms with Gasteiger partial charge in [0.15, 0.2) is 6.10 Å². The molecule has 2 aromatic rings. The third-order valence-electron chi connectivity index (χ3n) is 5.30. The van der Waals surface area contributed by atoms with Crippen molar-refractivity contribution in [3.63, 3.8) is 0 Å². The predicted molar refractivity (Wildman–Crippen MR) is 102 cm³/mol. The van der Waals surface area contributed by atoms with Gasteiger partial charge in [-0.3, -0.25) is 4.79 Å². The second-order valence-electron chi connectivity index (χ2n) is 7.31. The van der Waals surface area contributed by atoms with Crippen LogP contribution in [-0.2, 0) is 16.2 Å². The number of rotatable bonds is 6. The van der Waals surface area contributed by atoms with E-state index in [1.165, 1.54) is 12.1 Å². The molecule has 140 valence electrons. The van der Waals surface area contributed by atoms with Crippen molar-refractivity contribution in [3.8, 4) is 0 Å². The molecule has 1 atom stereocenters. The lowest BCUT2D eigenvalue weighted by molar-refractivity contribution is -0.140. The summed E-state index contributed by atoms with van der Waals surface area (Å²) in [5.41, 5.74) is 2.57. The molecular formula is C22H23FN2O2. The molecule has 0 unspecified atom stereocenters. The topological polar surface area (TPSA) is 41.9 Å². The maximum Gasteiger partial charge on any atom is 0.226 e. The van der Waals surface area contributed by atoms with Gasteiger partial charge in [0.25, 0.3) is 0 Å². The first kappa shape index (κ1) is 17.7. The van der Waals surface area contributed by atoms with Crippen molar-refractivity contribution in [2.24, 2.45) is 11.1 Å². The van der Waals surface area contributed by atoms with E-state index in [0.29, 0.717) is 19.5 Å². The highest BCUT2D eigenvalue weighted by Crippen LogP contribution is 2.29. The molecule has 27 heavy (non-hydrogen) atoms. The van der Waals surface area contributed by atoms with Gasteiger partial charge in [0.1, 0.15) is 5.82 Å². The van der Waals surface area contributed by atoms with E-state index in [1.807, 2.05) is 41.3 Å². The van der Waals surface area contributed by atoms with Crippen LogP contribution in [0.4, 0.5) is 4.39 Å². The summed E-state index contributed by atoms with van der Waals surface area (Å²) in [4.78, 5) is 20.4. The molecule has 0 radical (unpaired) electrons. The van der Waals surface area contributed by atoms with Gasteiger partial charge in [-0.1, -0.05) is 54.0 Å². The van der Waals surface area contributed by atoms with Crippen LogP contribution >= 0.6 is 0 Å². The Morgan fingerprint density at radius 2 is 1.96 bits per heavy atom. The summed E-state index contributed by atoms with van der Waals surface area (Å²) in [6, 6.07) is 16.4. The zero-order valence-corrected chi connectivity index (χ0v) is 15.2. The number of oxime groups is 1. The number of carbonyl (C=O) groups is 1. The Hall–Kier alpha value is -2.69. The van der Waals surface area contributed by atoms with E-state index >= 15 is 0 Å². The fourth-order valence-electron chi connectivity index (χ4n) is 3.56. The Labute approximate surface area is 158 Å². The molecule has 1 heterocycles. The summed E-state index contributed by atoms with van der Waals surface area (Å²) in [5, 5.41) is 4.14.